The summed E-state index contributed by atoms with van der Waals surface area (Å²) in [6.45, 7) is 6.86. The summed E-state index contributed by atoms with van der Waals surface area (Å²) < 4.78 is 0. The maximum absolute atomic E-state index is 3.33. The van der Waals surface area contributed by atoms with Crippen molar-refractivity contribution < 1.29 is 0 Å². The molecular weight excluding hydrogens is 171 g/mol. The Kier molecular flexibility index (Phi) is 9.97. The fourth-order valence-corrected chi connectivity index (χ4v) is 0.946. The van der Waals surface area contributed by atoms with Gasteiger partial charge in [-0.1, -0.05) is 6.92 Å². The summed E-state index contributed by atoms with van der Waals surface area (Å²) in [5.74, 6) is 0.803. The molecule has 2 N–H and O–H groups in total. The van der Waals surface area contributed by atoms with Gasteiger partial charge in [0.1, 0.15) is 0 Å². The van der Waals surface area contributed by atoms with Crippen molar-refractivity contribution in [3.63, 3.8) is 0 Å². The summed E-state index contributed by atoms with van der Waals surface area (Å²) in [5, 5.41) is 6.67. The van der Waals surface area contributed by atoms with Crippen LogP contribution < -0.4 is 10.6 Å². The molecule has 1 fully saturated rings. The van der Waals surface area contributed by atoms with Crippen molar-refractivity contribution in [1.29, 1.82) is 0 Å². The maximum atomic E-state index is 3.33. The van der Waals surface area contributed by atoms with Crippen LogP contribution in [0.1, 0.15) is 6.92 Å². The summed E-state index contributed by atoms with van der Waals surface area (Å²) in [5.41, 5.74) is 0. The lowest BCUT2D eigenvalue weighted by Crippen LogP contribution is -2.21. The summed E-state index contributed by atoms with van der Waals surface area (Å²) in [7, 11) is 0. The number of hydrogen-bond donors (Lipinski definition) is 2. The van der Waals surface area contributed by atoms with Crippen molar-refractivity contribution in [3.8, 4) is 0 Å². The molecule has 4 heteroatoms. The molecule has 1 aliphatic heterocycles. The van der Waals surface area contributed by atoms with Crippen molar-refractivity contribution in [3.05, 3.63) is 0 Å². The topological polar surface area (TPSA) is 24.1 Å². The second kappa shape index (κ2) is 7.61. The second-order valence-corrected chi connectivity index (χ2v) is 2.51. The number of halogens is 2. The van der Waals surface area contributed by atoms with Crippen LogP contribution in [0.2, 0.25) is 0 Å². The molecule has 10 heavy (non-hydrogen) atoms. The van der Waals surface area contributed by atoms with Crippen molar-refractivity contribution >= 4 is 24.8 Å². The average Bonchev–Trinajstić information content (AvgIpc) is 1.94. The highest BCUT2D eigenvalue weighted by atomic mass is 35.5. The van der Waals surface area contributed by atoms with E-state index in [1.54, 1.807) is 0 Å². The molecule has 1 rings (SSSR count). The van der Waals surface area contributed by atoms with Crippen LogP contribution in [0.15, 0.2) is 0 Å². The van der Waals surface area contributed by atoms with E-state index >= 15 is 0 Å². The van der Waals surface area contributed by atoms with E-state index < -0.39 is 0 Å². The zero-order valence-corrected chi connectivity index (χ0v) is 7.86. The molecule has 0 amide bonds. The van der Waals surface area contributed by atoms with Crippen LogP contribution in [-0.4, -0.2) is 26.2 Å². The Labute approximate surface area is 75.0 Å². The van der Waals surface area contributed by atoms with Gasteiger partial charge in [-0.3, -0.25) is 0 Å². The van der Waals surface area contributed by atoms with Gasteiger partial charge >= 0.3 is 0 Å². The first-order valence-corrected chi connectivity index (χ1v) is 3.31. The molecule has 2 nitrogen and oxygen atoms in total. The molecule has 64 valence electrons. The summed E-state index contributed by atoms with van der Waals surface area (Å²) in [6, 6.07) is 0. The van der Waals surface area contributed by atoms with E-state index in [9.17, 15) is 0 Å². The van der Waals surface area contributed by atoms with Gasteiger partial charge in [-0.25, -0.2) is 0 Å². The normalized spacial score (nSPS) is 20.1. The molecule has 0 bridgehead atoms. The van der Waals surface area contributed by atoms with E-state index in [0.717, 1.165) is 19.0 Å². The summed E-state index contributed by atoms with van der Waals surface area (Å²) in [6.07, 6.45) is 0. The summed E-state index contributed by atoms with van der Waals surface area (Å²) >= 11 is 0. The van der Waals surface area contributed by atoms with Crippen molar-refractivity contribution in [2.24, 2.45) is 5.92 Å². The van der Waals surface area contributed by atoms with Crippen LogP contribution >= 0.6 is 24.8 Å². The van der Waals surface area contributed by atoms with Crippen molar-refractivity contribution in [2.45, 2.75) is 6.92 Å². The largest absolute Gasteiger partial charge is 0.315 e. The molecule has 1 saturated heterocycles. The van der Waals surface area contributed by atoms with Crippen molar-refractivity contribution in [2.75, 3.05) is 26.2 Å². The van der Waals surface area contributed by atoms with Gasteiger partial charge in [0.05, 0.1) is 0 Å². The first kappa shape index (κ1) is 13.1. The average molecular weight is 187 g/mol. The minimum absolute atomic E-state index is 0. The second-order valence-electron chi connectivity index (χ2n) is 2.51. The first-order chi connectivity index (χ1) is 3.89. The number of nitrogens with one attached hydrogen (secondary N) is 2. The standard InChI is InChI=1S/C6H14N2.2ClH/c1-6-4-7-2-3-8-5-6;;/h6-8H,2-5H2,1H3;2*1H. The van der Waals surface area contributed by atoms with Crippen LogP contribution in [0, 0.1) is 5.92 Å². The lowest BCUT2D eigenvalue weighted by atomic mass is 10.2. The highest BCUT2D eigenvalue weighted by molar-refractivity contribution is 5.85. The van der Waals surface area contributed by atoms with Gasteiger partial charge in [-0.2, -0.15) is 0 Å². The zero-order valence-electron chi connectivity index (χ0n) is 6.22. The minimum atomic E-state index is 0. The molecule has 0 radical (unpaired) electrons. The molecule has 0 spiro atoms. The first-order valence-electron chi connectivity index (χ1n) is 3.31. The molecular formula is C6H16Cl2N2. The Morgan fingerprint density at radius 2 is 1.40 bits per heavy atom. The van der Waals surface area contributed by atoms with Crippen LogP contribution in [0.25, 0.3) is 0 Å². The minimum Gasteiger partial charge on any atom is -0.315 e. The quantitative estimate of drug-likeness (QED) is 0.582. The van der Waals surface area contributed by atoms with Gasteiger partial charge in [-0.05, 0) is 19.0 Å². The van der Waals surface area contributed by atoms with E-state index in [0.29, 0.717) is 0 Å². The molecule has 0 aromatic heterocycles. The lowest BCUT2D eigenvalue weighted by molar-refractivity contribution is 0.545. The molecule has 0 saturated carbocycles. The Morgan fingerprint density at radius 3 is 1.80 bits per heavy atom. The number of hydrogen-bond acceptors (Lipinski definition) is 2. The molecule has 0 unspecified atom stereocenters. The number of rotatable bonds is 0. The van der Waals surface area contributed by atoms with Crippen LogP contribution in [0.3, 0.4) is 0 Å². The summed E-state index contributed by atoms with van der Waals surface area (Å²) in [4.78, 5) is 0. The third-order valence-electron chi connectivity index (χ3n) is 1.46. The van der Waals surface area contributed by atoms with Gasteiger partial charge in [0, 0.05) is 13.1 Å². The Balaban J connectivity index is 0. The van der Waals surface area contributed by atoms with E-state index in [-0.39, 0.29) is 24.8 Å². The fraction of sp³-hybridized carbons (Fsp3) is 1.00. The third-order valence-corrected chi connectivity index (χ3v) is 1.46. The molecule has 0 aliphatic carbocycles. The molecule has 0 aromatic rings. The SMILES string of the molecule is CC1CNCCNC1.Cl.Cl. The lowest BCUT2D eigenvalue weighted by Gasteiger charge is -2.04. The van der Waals surface area contributed by atoms with Gasteiger partial charge in [0.2, 0.25) is 0 Å². The smallest absolute Gasteiger partial charge is 0.00768 e. The third kappa shape index (κ3) is 5.30. The van der Waals surface area contributed by atoms with E-state index in [2.05, 4.69) is 17.6 Å². The Bertz CT molecular complexity index is 62.8. The van der Waals surface area contributed by atoms with Gasteiger partial charge in [-0.15, -0.1) is 24.8 Å². The highest BCUT2D eigenvalue weighted by Gasteiger charge is 2.03. The van der Waals surface area contributed by atoms with E-state index in [1.807, 2.05) is 0 Å². The van der Waals surface area contributed by atoms with Crippen LogP contribution in [0.5, 0.6) is 0 Å². The molecule has 0 atom stereocenters. The monoisotopic (exact) mass is 186 g/mol. The van der Waals surface area contributed by atoms with Gasteiger partial charge in [0.25, 0.3) is 0 Å². The highest BCUT2D eigenvalue weighted by Crippen LogP contribution is 1.90. The molecule has 1 heterocycles. The fourth-order valence-electron chi connectivity index (χ4n) is 0.946. The van der Waals surface area contributed by atoms with Gasteiger partial charge in [0.15, 0.2) is 0 Å². The predicted molar refractivity (Wildman–Crippen MR) is 49.4 cm³/mol. The van der Waals surface area contributed by atoms with Crippen LogP contribution in [0.4, 0.5) is 0 Å². The van der Waals surface area contributed by atoms with Crippen LogP contribution in [-0.2, 0) is 0 Å². The Morgan fingerprint density at radius 1 is 1.00 bits per heavy atom. The van der Waals surface area contributed by atoms with Crippen molar-refractivity contribution in [1.82, 2.24) is 10.6 Å². The molecule has 0 aromatic carbocycles. The predicted octanol–water partition coefficient (Wildman–Crippen LogP) is 0.659. The zero-order chi connectivity index (χ0) is 5.82. The molecule has 1 aliphatic rings. The van der Waals surface area contributed by atoms with E-state index in [1.165, 1.54) is 13.1 Å². The maximum Gasteiger partial charge on any atom is 0.00768 e. The van der Waals surface area contributed by atoms with E-state index in [4.69, 9.17) is 0 Å². The van der Waals surface area contributed by atoms with Gasteiger partial charge < -0.3 is 10.6 Å². The Hall–Kier alpha value is 0.500.